The molecule has 0 unspecified atom stereocenters. The first-order chi connectivity index (χ1) is 8.08. The van der Waals surface area contributed by atoms with Crippen molar-refractivity contribution in [2.45, 2.75) is 20.3 Å². The maximum absolute atomic E-state index is 10.9. The van der Waals surface area contributed by atoms with Crippen molar-refractivity contribution in [2.24, 2.45) is 0 Å². The van der Waals surface area contributed by atoms with Crippen LogP contribution in [0.5, 0.6) is 5.75 Å². The molecule has 0 aromatic heterocycles. The third kappa shape index (κ3) is 3.66. The lowest BCUT2D eigenvalue weighted by Gasteiger charge is -2.11. The topological polar surface area (TPSA) is 47.6 Å². The fraction of sp³-hybridized carbons (Fsp3) is 0.462. The number of rotatable bonds is 4. The Kier molecular flexibility index (Phi) is 4.82. The van der Waals surface area contributed by atoms with Gasteiger partial charge in [0.15, 0.2) is 0 Å². The van der Waals surface area contributed by atoms with Gasteiger partial charge in [0.1, 0.15) is 5.75 Å². The SMILES string of the molecule is COC(=O)NCCc1cc(C)c(OC)cc1C. The summed E-state index contributed by atoms with van der Waals surface area (Å²) < 4.78 is 9.76. The van der Waals surface area contributed by atoms with Crippen molar-refractivity contribution in [3.8, 4) is 5.75 Å². The monoisotopic (exact) mass is 237 g/mol. The molecule has 1 N–H and O–H groups in total. The molecule has 0 aliphatic heterocycles. The van der Waals surface area contributed by atoms with Crippen LogP contribution in [0.3, 0.4) is 0 Å². The molecule has 0 heterocycles. The van der Waals surface area contributed by atoms with Gasteiger partial charge in [0, 0.05) is 6.54 Å². The highest BCUT2D eigenvalue weighted by atomic mass is 16.5. The molecule has 1 aromatic rings. The van der Waals surface area contributed by atoms with E-state index in [-0.39, 0.29) is 0 Å². The van der Waals surface area contributed by atoms with Crippen LogP contribution in [-0.2, 0) is 11.2 Å². The molecule has 0 saturated carbocycles. The second-order valence-corrected chi connectivity index (χ2v) is 3.92. The highest BCUT2D eigenvalue weighted by Gasteiger charge is 2.05. The van der Waals surface area contributed by atoms with Crippen LogP contribution in [0.1, 0.15) is 16.7 Å². The lowest BCUT2D eigenvalue weighted by Crippen LogP contribution is -2.25. The van der Waals surface area contributed by atoms with Crippen molar-refractivity contribution in [1.29, 1.82) is 0 Å². The minimum absolute atomic E-state index is 0.395. The highest BCUT2D eigenvalue weighted by molar-refractivity contribution is 5.66. The summed E-state index contributed by atoms with van der Waals surface area (Å²) in [6.07, 6.45) is 0.388. The molecule has 0 saturated heterocycles. The van der Waals surface area contributed by atoms with Crippen LogP contribution < -0.4 is 10.1 Å². The standard InChI is InChI=1S/C13H19NO3/c1-9-8-12(16-3)10(2)7-11(9)5-6-14-13(15)17-4/h7-8H,5-6H2,1-4H3,(H,14,15). The van der Waals surface area contributed by atoms with E-state index < -0.39 is 6.09 Å². The lowest BCUT2D eigenvalue weighted by molar-refractivity contribution is 0.171. The van der Waals surface area contributed by atoms with Crippen molar-refractivity contribution in [3.63, 3.8) is 0 Å². The number of carbonyl (C=O) groups is 1. The molecule has 1 rings (SSSR count). The Morgan fingerprint density at radius 1 is 1.24 bits per heavy atom. The van der Waals surface area contributed by atoms with Crippen molar-refractivity contribution in [3.05, 3.63) is 28.8 Å². The van der Waals surface area contributed by atoms with Gasteiger partial charge in [0.05, 0.1) is 14.2 Å². The number of ether oxygens (including phenoxy) is 2. The Labute approximate surface area is 102 Å². The molecule has 0 aliphatic carbocycles. The molecular weight excluding hydrogens is 218 g/mol. The highest BCUT2D eigenvalue weighted by Crippen LogP contribution is 2.22. The fourth-order valence-electron chi connectivity index (χ4n) is 1.71. The van der Waals surface area contributed by atoms with E-state index in [2.05, 4.69) is 16.1 Å². The molecule has 0 radical (unpaired) electrons. The van der Waals surface area contributed by atoms with Crippen molar-refractivity contribution >= 4 is 6.09 Å². The first-order valence-corrected chi connectivity index (χ1v) is 5.54. The molecule has 0 spiro atoms. The van der Waals surface area contributed by atoms with Gasteiger partial charge in [-0.05, 0) is 43.0 Å². The minimum Gasteiger partial charge on any atom is -0.496 e. The average Bonchev–Trinajstić information content (AvgIpc) is 2.32. The van der Waals surface area contributed by atoms with Gasteiger partial charge in [0.25, 0.3) is 0 Å². The quantitative estimate of drug-likeness (QED) is 0.873. The number of amides is 1. The van der Waals surface area contributed by atoms with Gasteiger partial charge >= 0.3 is 6.09 Å². The second kappa shape index (κ2) is 6.13. The van der Waals surface area contributed by atoms with Gasteiger partial charge in [0.2, 0.25) is 0 Å². The summed E-state index contributed by atoms with van der Waals surface area (Å²) in [7, 11) is 3.03. The van der Waals surface area contributed by atoms with Crippen LogP contribution in [0.4, 0.5) is 4.79 Å². The van der Waals surface area contributed by atoms with E-state index in [0.29, 0.717) is 6.54 Å². The lowest BCUT2D eigenvalue weighted by atomic mass is 10.0. The summed E-state index contributed by atoms with van der Waals surface area (Å²) in [4.78, 5) is 10.9. The number of nitrogens with one attached hydrogen (secondary N) is 1. The van der Waals surface area contributed by atoms with E-state index >= 15 is 0 Å². The number of benzene rings is 1. The van der Waals surface area contributed by atoms with Crippen molar-refractivity contribution in [2.75, 3.05) is 20.8 Å². The summed E-state index contributed by atoms with van der Waals surface area (Å²) in [5.74, 6) is 0.896. The number of hydrogen-bond acceptors (Lipinski definition) is 3. The van der Waals surface area contributed by atoms with Crippen molar-refractivity contribution < 1.29 is 14.3 Å². The van der Waals surface area contributed by atoms with E-state index in [1.807, 2.05) is 19.9 Å². The second-order valence-electron chi connectivity index (χ2n) is 3.92. The van der Waals surface area contributed by atoms with Crippen LogP contribution in [0.25, 0.3) is 0 Å². The molecule has 0 atom stereocenters. The molecular formula is C13H19NO3. The molecule has 1 aromatic carbocycles. The maximum atomic E-state index is 10.9. The summed E-state index contributed by atoms with van der Waals surface area (Å²) in [5.41, 5.74) is 3.48. The zero-order valence-corrected chi connectivity index (χ0v) is 10.8. The van der Waals surface area contributed by atoms with Crippen molar-refractivity contribution in [1.82, 2.24) is 5.32 Å². The van der Waals surface area contributed by atoms with Gasteiger partial charge in [-0.3, -0.25) is 0 Å². The van der Waals surface area contributed by atoms with Crippen LogP contribution in [0.15, 0.2) is 12.1 Å². The maximum Gasteiger partial charge on any atom is 0.406 e. The van der Waals surface area contributed by atoms with E-state index in [0.717, 1.165) is 17.7 Å². The van der Waals surface area contributed by atoms with E-state index in [4.69, 9.17) is 4.74 Å². The molecule has 0 aliphatic rings. The van der Waals surface area contributed by atoms with Crippen LogP contribution >= 0.6 is 0 Å². The zero-order chi connectivity index (χ0) is 12.8. The van der Waals surface area contributed by atoms with Crippen LogP contribution in [-0.4, -0.2) is 26.9 Å². The van der Waals surface area contributed by atoms with Gasteiger partial charge in [-0.1, -0.05) is 6.07 Å². The molecule has 4 heteroatoms. The Morgan fingerprint density at radius 2 is 1.94 bits per heavy atom. The fourth-order valence-corrected chi connectivity index (χ4v) is 1.71. The first-order valence-electron chi connectivity index (χ1n) is 5.54. The normalized spacial score (nSPS) is 9.88. The smallest absolute Gasteiger partial charge is 0.406 e. The molecule has 0 fully saturated rings. The van der Waals surface area contributed by atoms with Crippen LogP contribution in [0, 0.1) is 13.8 Å². The largest absolute Gasteiger partial charge is 0.496 e. The molecule has 17 heavy (non-hydrogen) atoms. The Morgan fingerprint density at radius 3 is 2.53 bits per heavy atom. The van der Waals surface area contributed by atoms with Gasteiger partial charge in [-0.15, -0.1) is 0 Å². The number of alkyl carbamates (subject to hydrolysis) is 1. The van der Waals surface area contributed by atoms with E-state index in [1.165, 1.54) is 18.2 Å². The third-order valence-electron chi connectivity index (χ3n) is 2.70. The Hall–Kier alpha value is -1.71. The first kappa shape index (κ1) is 13.4. The molecule has 4 nitrogen and oxygen atoms in total. The van der Waals surface area contributed by atoms with Gasteiger partial charge in [-0.2, -0.15) is 0 Å². The Bertz CT molecular complexity index is 402. The Balaban J connectivity index is 2.65. The number of hydrogen-bond donors (Lipinski definition) is 1. The summed E-state index contributed by atoms with van der Waals surface area (Å²) in [6, 6.07) is 4.11. The van der Waals surface area contributed by atoms with E-state index in [9.17, 15) is 4.79 Å². The van der Waals surface area contributed by atoms with Gasteiger partial charge < -0.3 is 14.8 Å². The summed E-state index contributed by atoms with van der Waals surface area (Å²) >= 11 is 0. The predicted octanol–water partition coefficient (Wildman–Crippen LogP) is 2.21. The van der Waals surface area contributed by atoms with E-state index in [1.54, 1.807) is 7.11 Å². The molecule has 1 amide bonds. The number of aryl methyl sites for hydroxylation is 2. The van der Waals surface area contributed by atoms with Gasteiger partial charge in [-0.25, -0.2) is 4.79 Å². The minimum atomic E-state index is -0.395. The summed E-state index contributed by atoms with van der Waals surface area (Å²) in [5, 5.41) is 2.66. The molecule has 0 bridgehead atoms. The van der Waals surface area contributed by atoms with Crippen LogP contribution in [0.2, 0.25) is 0 Å². The molecule has 94 valence electrons. The zero-order valence-electron chi connectivity index (χ0n) is 10.8. The number of methoxy groups -OCH3 is 2. The average molecular weight is 237 g/mol. The predicted molar refractivity (Wildman–Crippen MR) is 66.6 cm³/mol. The summed E-state index contributed by atoms with van der Waals surface area (Å²) in [6.45, 7) is 4.62. The third-order valence-corrected chi connectivity index (χ3v) is 2.70. The number of carbonyl (C=O) groups excluding carboxylic acids is 1.